The lowest BCUT2D eigenvalue weighted by molar-refractivity contribution is -0.126. The minimum absolute atomic E-state index is 0. The zero-order valence-electron chi connectivity index (χ0n) is 9.41. The maximum absolute atomic E-state index is 11.6. The van der Waals surface area contributed by atoms with Crippen LogP contribution in [0.1, 0.15) is 19.8 Å². The third-order valence-electron chi connectivity index (χ3n) is 2.51. The Morgan fingerprint density at radius 3 is 2.93 bits per heavy atom. The molecule has 1 saturated heterocycles. The zero-order chi connectivity index (χ0) is 10.4. The Bertz CT molecular complexity index is 184. The molecule has 15 heavy (non-hydrogen) atoms. The number of carbonyl (C=O) groups is 1. The summed E-state index contributed by atoms with van der Waals surface area (Å²) in [7, 11) is 1.62. The minimum atomic E-state index is -0.0538. The van der Waals surface area contributed by atoms with Gasteiger partial charge in [-0.2, -0.15) is 0 Å². The molecule has 4 nitrogen and oxygen atoms in total. The fraction of sp³-hybridized carbons (Fsp3) is 0.900. The predicted octanol–water partition coefficient (Wildman–Crippen LogP) is 0.559. The number of methoxy groups -OCH3 is 1. The van der Waals surface area contributed by atoms with Gasteiger partial charge >= 0.3 is 0 Å². The van der Waals surface area contributed by atoms with E-state index in [2.05, 4.69) is 10.6 Å². The number of rotatable bonds is 4. The van der Waals surface area contributed by atoms with Crippen molar-refractivity contribution in [3.8, 4) is 0 Å². The van der Waals surface area contributed by atoms with Gasteiger partial charge in [-0.15, -0.1) is 12.4 Å². The summed E-state index contributed by atoms with van der Waals surface area (Å²) in [5.74, 6) is 0.0440. The molecule has 2 atom stereocenters. The van der Waals surface area contributed by atoms with Crippen LogP contribution in [0.15, 0.2) is 0 Å². The summed E-state index contributed by atoms with van der Waals surface area (Å²) in [4.78, 5) is 11.6. The Hall–Kier alpha value is -0.320. The van der Waals surface area contributed by atoms with Gasteiger partial charge in [0.2, 0.25) is 5.91 Å². The van der Waals surface area contributed by atoms with Crippen molar-refractivity contribution in [1.82, 2.24) is 10.6 Å². The summed E-state index contributed by atoms with van der Waals surface area (Å²) in [5, 5.41) is 6.29. The topological polar surface area (TPSA) is 50.4 Å². The molecule has 1 heterocycles. The van der Waals surface area contributed by atoms with E-state index in [1.54, 1.807) is 7.11 Å². The van der Waals surface area contributed by atoms with E-state index in [4.69, 9.17) is 4.74 Å². The van der Waals surface area contributed by atoms with Crippen LogP contribution in [0.2, 0.25) is 0 Å². The van der Waals surface area contributed by atoms with Gasteiger partial charge < -0.3 is 15.4 Å². The molecule has 0 aliphatic carbocycles. The molecular weight excluding hydrogens is 216 g/mol. The smallest absolute Gasteiger partial charge is 0.225 e. The lowest BCUT2D eigenvalue weighted by Crippen LogP contribution is -2.47. The van der Waals surface area contributed by atoms with E-state index in [-0.39, 0.29) is 24.2 Å². The van der Waals surface area contributed by atoms with Gasteiger partial charge in [0, 0.05) is 19.7 Å². The van der Waals surface area contributed by atoms with Crippen LogP contribution in [0.5, 0.6) is 0 Å². The molecule has 0 aromatic heterocycles. The Morgan fingerprint density at radius 1 is 1.67 bits per heavy atom. The Morgan fingerprint density at radius 2 is 2.40 bits per heavy atom. The molecule has 0 saturated carbocycles. The van der Waals surface area contributed by atoms with Gasteiger partial charge in [-0.3, -0.25) is 4.79 Å². The average Bonchev–Trinajstić information content (AvgIpc) is 2.19. The monoisotopic (exact) mass is 236 g/mol. The molecule has 1 amide bonds. The molecule has 0 aromatic rings. The second kappa shape index (κ2) is 7.91. The number of halogens is 1. The summed E-state index contributed by atoms with van der Waals surface area (Å²) in [6, 6.07) is 0.301. The van der Waals surface area contributed by atoms with Gasteiger partial charge in [0.1, 0.15) is 0 Å². The normalized spacial score (nSPS) is 22.7. The first kappa shape index (κ1) is 14.7. The van der Waals surface area contributed by atoms with Crippen molar-refractivity contribution in [1.29, 1.82) is 0 Å². The molecule has 0 bridgehead atoms. The minimum Gasteiger partial charge on any atom is -0.384 e. The van der Waals surface area contributed by atoms with Crippen molar-refractivity contribution in [2.75, 3.05) is 26.8 Å². The van der Waals surface area contributed by atoms with E-state index >= 15 is 0 Å². The Kier molecular flexibility index (Phi) is 7.74. The highest BCUT2D eigenvalue weighted by Crippen LogP contribution is 2.03. The van der Waals surface area contributed by atoms with Gasteiger partial charge in [-0.05, 0) is 19.4 Å². The molecule has 1 fully saturated rings. The van der Waals surface area contributed by atoms with Gasteiger partial charge in [0.25, 0.3) is 0 Å². The van der Waals surface area contributed by atoms with E-state index in [9.17, 15) is 4.79 Å². The molecule has 2 unspecified atom stereocenters. The van der Waals surface area contributed by atoms with Gasteiger partial charge in [0.05, 0.1) is 12.5 Å². The maximum Gasteiger partial charge on any atom is 0.225 e. The summed E-state index contributed by atoms with van der Waals surface area (Å²) in [6.07, 6.45) is 2.22. The molecular formula is C10H21ClN2O2. The number of ether oxygens (including phenoxy) is 1. The number of carbonyl (C=O) groups excluding carboxylic acids is 1. The van der Waals surface area contributed by atoms with Crippen LogP contribution in [0, 0.1) is 5.92 Å². The first-order valence-corrected chi connectivity index (χ1v) is 5.24. The summed E-state index contributed by atoms with van der Waals surface area (Å²) in [6.45, 7) is 4.34. The van der Waals surface area contributed by atoms with E-state index in [0.29, 0.717) is 12.6 Å². The highest BCUT2D eigenvalue weighted by Gasteiger charge is 2.18. The van der Waals surface area contributed by atoms with Crippen molar-refractivity contribution in [2.45, 2.75) is 25.8 Å². The number of hydrogen-bond donors (Lipinski definition) is 2. The van der Waals surface area contributed by atoms with Gasteiger partial charge in [0.15, 0.2) is 0 Å². The number of hydrogen-bond acceptors (Lipinski definition) is 3. The molecule has 1 aliphatic rings. The van der Waals surface area contributed by atoms with Gasteiger partial charge in [-0.25, -0.2) is 0 Å². The third kappa shape index (κ3) is 5.35. The van der Waals surface area contributed by atoms with Crippen molar-refractivity contribution in [3.05, 3.63) is 0 Å². The summed E-state index contributed by atoms with van der Waals surface area (Å²) < 4.78 is 4.94. The maximum atomic E-state index is 11.6. The molecule has 1 aliphatic heterocycles. The summed E-state index contributed by atoms with van der Waals surface area (Å²) >= 11 is 0. The third-order valence-corrected chi connectivity index (χ3v) is 2.51. The van der Waals surface area contributed by atoms with Crippen LogP contribution in [0.25, 0.3) is 0 Å². The quantitative estimate of drug-likeness (QED) is 0.750. The Labute approximate surface area is 97.5 Å². The SMILES string of the molecule is COCC(C)C(=O)NC1CCCNC1.Cl. The zero-order valence-corrected chi connectivity index (χ0v) is 10.2. The van der Waals surface area contributed by atoms with Gasteiger partial charge in [-0.1, -0.05) is 6.92 Å². The van der Waals surface area contributed by atoms with Crippen LogP contribution in [-0.4, -0.2) is 38.8 Å². The first-order valence-electron chi connectivity index (χ1n) is 5.24. The number of amides is 1. The largest absolute Gasteiger partial charge is 0.384 e. The van der Waals surface area contributed by atoms with Crippen molar-refractivity contribution < 1.29 is 9.53 Å². The standard InChI is InChI=1S/C10H20N2O2.ClH/c1-8(7-14-2)10(13)12-9-4-3-5-11-6-9;/h8-9,11H,3-7H2,1-2H3,(H,12,13);1H. The Balaban J connectivity index is 0.00000196. The number of nitrogens with one attached hydrogen (secondary N) is 2. The predicted molar refractivity (Wildman–Crippen MR) is 62.3 cm³/mol. The van der Waals surface area contributed by atoms with Crippen LogP contribution >= 0.6 is 12.4 Å². The molecule has 0 spiro atoms. The highest BCUT2D eigenvalue weighted by molar-refractivity contribution is 5.85. The van der Waals surface area contributed by atoms with E-state index < -0.39 is 0 Å². The molecule has 2 N–H and O–H groups in total. The van der Waals surface area contributed by atoms with Crippen LogP contribution < -0.4 is 10.6 Å². The molecule has 90 valence electrons. The molecule has 5 heteroatoms. The summed E-state index contributed by atoms with van der Waals surface area (Å²) in [5.41, 5.74) is 0. The average molecular weight is 237 g/mol. The first-order chi connectivity index (χ1) is 6.74. The lowest BCUT2D eigenvalue weighted by atomic mass is 10.1. The fourth-order valence-electron chi connectivity index (χ4n) is 1.64. The lowest BCUT2D eigenvalue weighted by Gasteiger charge is -2.25. The highest BCUT2D eigenvalue weighted by atomic mass is 35.5. The second-order valence-electron chi connectivity index (χ2n) is 3.91. The van der Waals surface area contributed by atoms with E-state index in [1.807, 2.05) is 6.92 Å². The fourth-order valence-corrected chi connectivity index (χ4v) is 1.64. The van der Waals surface area contributed by atoms with Crippen LogP contribution in [-0.2, 0) is 9.53 Å². The van der Waals surface area contributed by atoms with Crippen molar-refractivity contribution in [2.24, 2.45) is 5.92 Å². The van der Waals surface area contributed by atoms with Crippen molar-refractivity contribution >= 4 is 18.3 Å². The van der Waals surface area contributed by atoms with E-state index in [0.717, 1.165) is 25.9 Å². The van der Waals surface area contributed by atoms with Crippen LogP contribution in [0.4, 0.5) is 0 Å². The molecule has 1 rings (SSSR count). The number of piperidine rings is 1. The molecule has 0 radical (unpaired) electrons. The molecule has 0 aromatic carbocycles. The van der Waals surface area contributed by atoms with Crippen LogP contribution in [0.3, 0.4) is 0 Å². The van der Waals surface area contributed by atoms with Crippen molar-refractivity contribution in [3.63, 3.8) is 0 Å². The van der Waals surface area contributed by atoms with E-state index in [1.165, 1.54) is 0 Å². The second-order valence-corrected chi connectivity index (χ2v) is 3.91.